The van der Waals surface area contributed by atoms with Gasteiger partial charge < -0.3 is 10.4 Å². The molecule has 1 amide bonds. The standard InChI is InChI=1S/C13H12BrCl2NO3/c1-13(2)8(9(13)12(19)20)11(18)17-10-6(15)3-5(14)4-7(10)16/h3-4,8-9H,1-2H3,(H,17,18)(H,19,20)/t8-,9+/m1/s1. The van der Waals surface area contributed by atoms with Crippen LogP contribution < -0.4 is 5.32 Å². The van der Waals surface area contributed by atoms with E-state index in [0.29, 0.717) is 20.2 Å². The molecule has 1 aromatic rings. The number of carbonyl (C=O) groups is 2. The largest absolute Gasteiger partial charge is 0.481 e. The van der Waals surface area contributed by atoms with Gasteiger partial charge in [0.1, 0.15) is 0 Å². The van der Waals surface area contributed by atoms with Crippen LogP contribution >= 0.6 is 39.1 Å². The zero-order valence-corrected chi connectivity index (χ0v) is 13.8. The van der Waals surface area contributed by atoms with Crippen molar-refractivity contribution < 1.29 is 14.7 Å². The van der Waals surface area contributed by atoms with Crippen molar-refractivity contribution in [3.8, 4) is 0 Å². The van der Waals surface area contributed by atoms with Gasteiger partial charge in [0.2, 0.25) is 5.91 Å². The molecule has 0 spiro atoms. The average molecular weight is 381 g/mol. The number of halogens is 3. The molecule has 2 N–H and O–H groups in total. The van der Waals surface area contributed by atoms with Gasteiger partial charge in [0.25, 0.3) is 0 Å². The third kappa shape index (κ3) is 2.67. The summed E-state index contributed by atoms with van der Waals surface area (Å²) in [6.45, 7) is 3.50. The van der Waals surface area contributed by atoms with Crippen LogP contribution in [0.3, 0.4) is 0 Å². The van der Waals surface area contributed by atoms with Gasteiger partial charge >= 0.3 is 5.97 Å². The molecule has 1 aliphatic rings. The maximum atomic E-state index is 12.2. The van der Waals surface area contributed by atoms with Crippen molar-refractivity contribution in [3.63, 3.8) is 0 Å². The molecule has 108 valence electrons. The third-order valence-corrected chi connectivity index (χ3v) is 4.68. The topological polar surface area (TPSA) is 66.4 Å². The van der Waals surface area contributed by atoms with E-state index < -0.39 is 23.2 Å². The van der Waals surface area contributed by atoms with Crippen LogP contribution in [0.25, 0.3) is 0 Å². The first-order valence-corrected chi connectivity index (χ1v) is 7.39. The summed E-state index contributed by atoms with van der Waals surface area (Å²) in [6, 6.07) is 3.21. The van der Waals surface area contributed by atoms with Gasteiger partial charge in [-0.25, -0.2) is 0 Å². The van der Waals surface area contributed by atoms with Gasteiger partial charge in [0.05, 0.1) is 27.6 Å². The van der Waals surface area contributed by atoms with Crippen molar-refractivity contribution in [2.45, 2.75) is 13.8 Å². The van der Waals surface area contributed by atoms with E-state index in [4.69, 9.17) is 28.3 Å². The van der Waals surface area contributed by atoms with Crippen LogP contribution in [-0.2, 0) is 9.59 Å². The van der Waals surface area contributed by atoms with Crippen LogP contribution in [0.2, 0.25) is 10.0 Å². The Morgan fingerprint density at radius 1 is 1.25 bits per heavy atom. The van der Waals surface area contributed by atoms with E-state index in [1.54, 1.807) is 26.0 Å². The second-order valence-electron chi connectivity index (χ2n) is 5.35. The molecule has 7 heteroatoms. The zero-order valence-electron chi connectivity index (χ0n) is 10.7. The monoisotopic (exact) mass is 379 g/mol. The van der Waals surface area contributed by atoms with Gasteiger partial charge in [-0.15, -0.1) is 0 Å². The number of carboxylic acids is 1. The van der Waals surface area contributed by atoms with Crippen LogP contribution in [0.15, 0.2) is 16.6 Å². The summed E-state index contributed by atoms with van der Waals surface area (Å²) in [5.41, 5.74) is -0.266. The Morgan fingerprint density at radius 2 is 1.75 bits per heavy atom. The summed E-state index contributed by atoms with van der Waals surface area (Å²) < 4.78 is 0.695. The van der Waals surface area contributed by atoms with Crippen LogP contribution in [0.5, 0.6) is 0 Å². The van der Waals surface area contributed by atoms with Crippen molar-refractivity contribution in [2.24, 2.45) is 17.3 Å². The third-order valence-electron chi connectivity index (χ3n) is 3.63. The number of nitrogens with one attached hydrogen (secondary N) is 1. The zero-order chi connectivity index (χ0) is 15.2. The van der Waals surface area contributed by atoms with Gasteiger partial charge in [-0.1, -0.05) is 53.0 Å². The Bertz CT molecular complexity index is 580. The smallest absolute Gasteiger partial charge is 0.307 e. The van der Waals surface area contributed by atoms with Crippen LogP contribution in [0, 0.1) is 17.3 Å². The van der Waals surface area contributed by atoms with Gasteiger partial charge in [-0.05, 0) is 17.5 Å². The van der Waals surface area contributed by atoms with Crippen molar-refractivity contribution in [1.29, 1.82) is 0 Å². The number of carbonyl (C=O) groups excluding carboxylic acids is 1. The predicted molar refractivity (Wildman–Crippen MR) is 81.2 cm³/mol. The molecule has 0 bridgehead atoms. The Labute approximate surface area is 134 Å². The fourth-order valence-electron chi connectivity index (χ4n) is 2.45. The predicted octanol–water partition coefficient (Wildman–Crippen LogP) is 4.05. The number of rotatable bonds is 3. The summed E-state index contributed by atoms with van der Waals surface area (Å²) in [6.07, 6.45) is 0. The fraction of sp³-hybridized carbons (Fsp3) is 0.385. The number of carboxylic acid groups (broad SMARTS) is 1. The van der Waals surface area contributed by atoms with Crippen LogP contribution in [-0.4, -0.2) is 17.0 Å². The SMILES string of the molecule is CC1(C)[C@H](C(=O)O)[C@@H]1C(=O)Nc1c(Cl)cc(Br)cc1Cl. The van der Waals surface area contributed by atoms with E-state index >= 15 is 0 Å². The molecule has 0 aromatic heterocycles. The summed E-state index contributed by atoms with van der Waals surface area (Å²) in [5, 5.41) is 12.3. The number of hydrogen-bond acceptors (Lipinski definition) is 2. The van der Waals surface area contributed by atoms with Crippen molar-refractivity contribution in [2.75, 3.05) is 5.32 Å². The Balaban J connectivity index is 2.20. The van der Waals surface area contributed by atoms with E-state index in [9.17, 15) is 9.59 Å². The van der Waals surface area contributed by atoms with Gasteiger partial charge in [0.15, 0.2) is 0 Å². The van der Waals surface area contributed by atoms with Gasteiger partial charge in [0, 0.05) is 4.47 Å². The summed E-state index contributed by atoms with van der Waals surface area (Å²) >= 11 is 15.3. The Hall–Kier alpha value is -0.780. The molecule has 1 aromatic carbocycles. The number of aliphatic carboxylic acids is 1. The van der Waals surface area contributed by atoms with Crippen LogP contribution in [0.1, 0.15) is 13.8 Å². The molecule has 0 radical (unpaired) electrons. The number of anilines is 1. The minimum absolute atomic E-state index is 0.294. The van der Waals surface area contributed by atoms with E-state index in [1.807, 2.05) is 0 Å². The van der Waals surface area contributed by atoms with Gasteiger partial charge in [-0.2, -0.15) is 0 Å². The number of amides is 1. The fourth-order valence-corrected chi connectivity index (χ4v) is 3.75. The van der Waals surface area contributed by atoms with E-state index in [1.165, 1.54) is 0 Å². The second-order valence-corrected chi connectivity index (χ2v) is 7.08. The maximum Gasteiger partial charge on any atom is 0.307 e. The molecule has 1 fully saturated rings. The highest BCUT2D eigenvalue weighted by molar-refractivity contribution is 9.10. The average Bonchev–Trinajstić information content (AvgIpc) is 2.86. The minimum atomic E-state index is -0.969. The first-order valence-electron chi connectivity index (χ1n) is 5.84. The molecule has 4 nitrogen and oxygen atoms in total. The lowest BCUT2D eigenvalue weighted by molar-refractivity contribution is -0.140. The molecule has 2 atom stereocenters. The highest BCUT2D eigenvalue weighted by Gasteiger charge is 2.65. The maximum absolute atomic E-state index is 12.2. The molecule has 2 rings (SSSR count). The second kappa shape index (κ2) is 5.20. The minimum Gasteiger partial charge on any atom is -0.481 e. The Kier molecular flexibility index (Phi) is 4.06. The van der Waals surface area contributed by atoms with E-state index in [0.717, 1.165) is 0 Å². The molecular weight excluding hydrogens is 369 g/mol. The van der Waals surface area contributed by atoms with Gasteiger partial charge in [-0.3, -0.25) is 9.59 Å². The molecule has 0 saturated heterocycles. The summed E-state index contributed by atoms with van der Waals surface area (Å²) in [5.74, 6) is -2.62. The molecule has 0 unspecified atom stereocenters. The first-order chi connectivity index (χ1) is 9.16. The molecule has 1 aliphatic carbocycles. The summed E-state index contributed by atoms with van der Waals surface area (Å²) in [7, 11) is 0. The number of hydrogen-bond donors (Lipinski definition) is 2. The van der Waals surface area contributed by atoms with Crippen molar-refractivity contribution in [3.05, 3.63) is 26.7 Å². The van der Waals surface area contributed by atoms with E-state index in [2.05, 4.69) is 21.2 Å². The van der Waals surface area contributed by atoms with Crippen molar-refractivity contribution in [1.82, 2.24) is 0 Å². The lowest BCUT2D eigenvalue weighted by Gasteiger charge is -2.10. The molecule has 1 saturated carbocycles. The molecule has 0 heterocycles. The highest BCUT2D eigenvalue weighted by Crippen LogP contribution is 2.58. The lowest BCUT2D eigenvalue weighted by Crippen LogP contribution is -2.18. The normalized spacial score (nSPS) is 23.2. The molecule has 0 aliphatic heterocycles. The highest BCUT2D eigenvalue weighted by atomic mass is 79.9. The quantitative estimate of drug-likeness (QED) is 0.831. The van der Waals surface area contributed by atoms with E-state index in [-0.39, 0.29) is 5.91 Å². The lowest BCUT2D eigenvalue weighted by atomic mass is 10.1. The molecular formula is C13H12BrCl2NO3. The Morgan fingerprint density at radius 3 is 2.15 bits per heavy atom. The molecule has 20 heavy (non-hydrogen) atoms. The van der Waals surface area contributed by atoms with Crippen molar-refractivity contribution >= 4 is 56.7 Å². The summed E-state index contributed by atoms with van der Waals surface area (Å²) in [4.78, 5) is 23.3. The first kappa shape index (κ1) is 15.6. The number of benzene rings is 1. The van der Waals surface area contributed by atoms with Crippen LogP contribution in [0.4, 0.5) is 5.69 Å².